The van der Waals surface area contributed by atoms with Gasteiger partial charge in [-0.1, -0.05) is 23.8 Å². The van der Waals surface area contributed by atoms with Gasteiger partial charge in [-0.25, -0.2) is 8.78 Å². The number of hydrogen-bond acceptors (Lipinski definition) is 3. The molecule has 1 unspecified atom stereocenters. The minimum Gasteiger partial charge on any atom is -0.492 e. The second kappa shape index (κ2) is 8.95. The Bertz CT molecular complexity index is 924. The highest BCUT2D eigenvalue weighted by Gasteiger charge is 2.58. The van der Waals surface area contributed by atoms with Crippen molar-refractivity contribution in [3.63, 3.8) is 0 Å². The lowest BCUT2D eigenvalue weighted by Gasteiger charge is -2.33. The van der Waals surface area contributed by atoms with E-state index in [1.807, 2.05) is 38.2 Å². The van der Waals surface area contributed by atoms with E-state index >= 15 is 0 Å². The fourth-order valence-electron chi connectivity index (χ4n) is 4.61. The number of nitrogens with zero attached hydrogens (tertiary/aromatic N) is 2. The molecule has 2 aromatic carbocycles. The molecule has 0 bridgehead atoms. The van der Waals surface area contributed by atoms with Gasteiger partial charge < -0.3 is 9.64 Å². The second-order valence-electron chi connectivity index (χ2n) is 9.05. The Morgan fingerprint density at radius 2 is 1.87 bits per heavy atom. The van der Waals surface area contributed by atoms with Crippen molar-refractivity contribution >= 4 is 5.91 Å². The summed E-state index contributed by atoms with van der Waals surface area (Å²) >= 11 is 0. The fraction of sp³-hybridized carbons (Fsp3) is 0.480. The number of likely N-dealkylation sites (tertiary alicyclic amines) is 1. The summed E-state index contributed by atoms with van der Waals surface area (Å²) in [5, 5.41) is 0. The molecule has 0 N–H and O–H groups in total. The molecule has 166 valence electrons. The summed E-state index contributed by atoms with van der Waals surface area (Å²) in [6.45, 7) is 5.23. The van der Waals surface area contributed by atoms with E-state index in [1.165, 1.54) is 17.7 Å². The van der Waals surface area contributed by atoms with Crippen LogP contribution in [0.25, 0.3) is 0 Å². The van der Waals surface area contributed by atoms with Crippen LogP contribution in [0, 0.1) is 29.9 Å². The highest BCUT2D eigenvalue weighted by molar-refractivity contribution is 5.82. The SMILES string of the molecule is Cc1ccc(OCCN(C)C(=O)C2CC23CCN(Cc2ccc(F)cc2F)CC3)cc1. The van der Waals surface area contributed by atoms with Crippen LogP contribution in [-0.4, -0.2) is 49.0 Å². The smallest absolute Gasteiger partial charge is 0.226 e. The molecule has 1 saturated carbocycles. The van der Waals surface area contributed by atoms with Gasteiger partial charge in [-0.3, -0.25) is 9.69 Å². The number of piperidine rings is 1. The van der Waals surface area contributed by atoms with Crippen molar-refractivity contribution in [2.45, 2.75) is 32.7 Å². The molecule has 1 atom stereocenters. The first-order chi connectivity index (χ1) is 14.9. The van der Waals surface area contributed by atoms with E-state index in [1.54, 1.807) is 4.90 Å². The third kappa shape index (κ3) is 5.06. The van der Waals surface area contributed by atoms with Crippen molar-refractivity contribution in [3.8, 4) is 5.75 Å². The summed E-state index contributed by atoms with van der Waals surface area (Å²) in [5.41, 5.74) is 1.81. The number of carbonyl (C=O) groups excluding carboxylic acids is 1. The average Bonchev–Trinajstić information content (AvgIpc) is 3.45. The molecular weight excluding hydrogens is 398 g/mol. The number of hydrogen-bond donors (Lipinski definition) is 0. The Kier molecular flexibility index (Phi) is 6.28. The fourth-order valence-corrected chi connectivity index (χ4v) is 4.61. The van der Waals surface area contributed by atoms with Crippen molar-refractivity contribution in [3.05, 3.63) is 65.2 Å². The van der Waals surface area contributed by atoms with Gasteiger partial charge in [-0.05, 0) is 62.9 Å². The zero-order valence-corrected chi connectivity index (χ0v) is 18.2. The molecular formula is C25H30F2N2O2. The molecule has 2 aliphatic rings. The lowest BCUT2D eigenvalue weighted by atomic mass is 9.90. The third-order valence-corrected chi connectivity index (χ3v) is 6.84. The van der Waals surface area contributed by atoms with Gasteiger partial charge >= 0.3 is 0 Å². The van der Waals surface area contributed by atoms with Crippen LogP contribution >= 0.6 is 0 Å². The van der Waals surface area contributed by atoms with E-state index in [0.717, 1.165) is 44.2 Å². The van der Waals surface area contributed by atoms with Gasteiger partial charge in [0.1, 0.15) is 24.0 Å². The normalized spacial score (nSPS) is 19.9. The standard InChI is InChI=1S/C25H30F2N2O2/c1-18-3-7-21(8-4-18)31-14-13-28(2)24(30)22-16-25(22)9-11-29(12-10-25)17-19-5-6-20(26)15-23(19)27/h3-8,15,22H,9-14,16-17H2,1-2H3. The third-order valence-electron chi connectivity index (χ3n) is 6.84. The van der Waals surface area contributed by atoms with E-state index in [-0.39, 0.29) is 17.2 Å². The van der Waals surface area contributed by atoms with Crippen molar-refractivity contribution in [2.75, 3.05) is 33.3 Å². The predicted octanol–water partition coefficient (Wildman–Crippen LogP) is 4.41. The van der Waals surface area contributed by atoms with Crippen molar-refractivity contribution in [2.24, 2.45) is 11.3 Å². The van der Waals surface area contributed by atoms with Gasteiger partial charge in [0, 0.05) is 31.1 Å². The highest BCUT2D eigenvalue weighted by Crippen LogP contribution is 2.60. The summed E-state index contributed by atoms with van der Waals surface area (Å²) < 4.78 is 32.8. The number of ether oxygens (including phenoxy) is 1. The summed E-state index contributed by atoms with van der Waals surface area (Å²) in [6, 6.07) is 11.7. The molecule has 1 heterocycles. The maximum absolute atomic E-state index is 13.9. The number of rotatable bonds is 7. The topological polar surface area (TPSA) is 32.8 Å². The number of carbonyl (C=O) groups is 1. The molecule has 1 aliphatic carbocycles. The number of aryl methyl sites for hydroxylation is 1. The quantitative estimate of drug-likeness (QED) is 0.655. The highest BCUT2D eigenvalue weighted by atomic mass is 19.1. The van der Waals surface area contributed by atoms with Gasteiger partial charge in [0.25, 0.3) is 0 Å². The van der Waals surface area contributed by atoms with Crippen LogP contribution in [0.2, 0.25) is 0 Å². The van der Waals surface area contributed by atoms with Crippen LogP contribution in [0.4, 0.5) is 8.78 Å². The summed E-state index contributed by atoms with van der Waals surface area (Å²) in [6.07, 6.45) is 2.83. The molecule has 4 rings (SSSR count). The maximum Gasteiger partial charge on any atom is 0.226 e. The molecule has 1 saturated heterocycles. The lowest BCUT2D eigenvalue weighted by Crippen LogP contribution is -2.38. The van der Waals surface area contributed by atoms with Crippen LogP contribution < -0.4 is 4.74 Å². The molecule has 2 fully saturated rings. The Balaban J connectivity index is 1.21. The monoisotopic (exact) mass is 428 g/mol. The predicted molar refractivity (Wildman–Crippen MR) is 116 cm³/mol. The van der Waals surface area contributed by atoms with E-state index in [0.29, 0.717) is 25.3 Å². The van der Waals surface area contributed by atoms with Crippen LogP contribution in [0.3, 0.4) is 0 Å². The van der Waals surface area contributed by atoms with Gasteiger partial charge in [-0.15, -0.1) is 0 Å². The van der Waals surface area contributed by atoms with Crippen LogP contribution in [0.1, 0.15) is 30.4 Å². The first-order valence-corrected chi connectivity index (χ1v) is 11.0. The van der Waals surface area contributed by atoms with E-state index in [2.05, 4.69) is 4.90 Å². The number of amides is 1. The number of likely N-dealkylation sites (N-methyl/N-ethyl adjacent to an activating group) is 1. The molecule has 0 aromatic heterocycles. The number of halogens is 2. The molecule has 31 heavy (non-hydrogen) atoms. The van der Waals surface area contributed by atoms with Gasteiger partial charge in [0.15, 0.2) is 0 Å². The second-order valence-corrected chi connectivity index (χ2v) is 9.05. The van der Waals surface area contributed by atoms with Crippen LogP contribution in [-0.2, 0) is 11.3 Å². The molecule has 6 heteroatoms. The molecule has 1 spiro atoms. The average molecular weight is 429 g/mol. The van der Waals surface area contributed by atoms with Crippen LogP contribution in [0.15, 0.2) is 42.5 Å². The Morgan fingerprint density at radius 1 is 1.16 bits per heavy atom. The zero-order valence-electron chi connectivity index (χ0n) is 18.2. The number of benzene rings is 2. The van der Waals surface area contributed by atoms with Crippen molar-refractivity contribution < 1.29 is 18.3 Å². The lowest BCUT2D eigenvalue weighted by molar-refractivity contribution is -0.132. The zero-order chi connectivity index (χ0) is 22.0. The Hall–Kier alpha value is -2.47. The van der Waals surface area contributed by atoms with Gasteiger partial charge in [-0.2, -0.15) is 0 Å². The molecule has 1 amide bonds. The van der Waals surface area contributed by atoms with E-state index in [9.17, 15) is 13.6 Å². The maximum atomic E-state index is 13.9. The van der Waals surface area contributed by atoms with Crippen molar-refractivity contribution in [1.82, 2.24) is 9.80 Å². The first-order valence-electron chi connectivity index (χ1n) is 11.0. The van der Waals surface area contributed by atoms with Crippen LogP contribution in [0.5, 0.6) is 5.75 Å². The summed E-state index contributed by atoms with van der Waals surface area (Å²) in [7, 11) is 1.85. The Labute approximate surface area is 182 Å². The minimum absolute atomic E-state index is 0.0848. The summed E-state index contributed by atoms with van der Waals surface area (Å²) in [4.78, 5) is 16.9. The van der Waals surface area contributed by atoms with Crippen molar-refractivity contribution in [1.29, 1.82) is 0 Å². The largest absolute Gasteiger partial charge is 0.492 e. The molecule has 2 aromatic rings. The molecule has 0 radical (unpaired) electrons. The Morgan fingerprint density at radius 3 is 2.55 bits per heavy atom. The summed E-state index contributed by atoms with van der Waals surface area (Å²) in [5.74, 6) is 0.0623. The molecule has 4 nitrogen and oxygen atoms in total. The molecule has 1 aliphatic heterocycles. The van der Waals surface area contributed by atoms with E-state index in [4.69, 9.17) is 4.74 Å². The minimum atomic E-state index is -0.549. The first kappa shape index (κ1) is 21.8. The van der Waals surface area contributed by atoms with Gasteiger partial charge in [0.2, 0.25) is 5.91 Å². The van der Waals surface area contributed by atoms with E-state index < -0.39 is 11.6 Å². The van der Waals surface area contributed by atoms with Gasteiger partial charge in [0.05, 0.1) is 6.54 Å².